The Kier molecular flexibility index (Phi) is 4.31. The van der Waals surface area contributed by atoms with Crippen molar-refractivity contribution in [2.24, 2.45) is 0 Å². The van der Waals surface area contributed by atoms with Crippen molar-refractivity contribution in [3.63, 3.8) is 0 Å². The van der Waals surface area contributed by atoms with Gasteiger partial charge in [-0.1, -0.05) is 17.3 Å². The number of rotatable bonds is 3. The van der Waals surface area contributed by atoms with E-state index < -0.39 is 5.79 Å². The lowest BCUT2D eigenvalue weighted by molar-refractivity contribution is -0.188. The molecule has 1 atom stereocenters. The van der Waals surface area contributed by atoms with E-state index in [0.29, 0.717) is 36.1 Å². The summed E-state index contributed by atoms with van der Waals surface area (Å²) in [4.78, 5) is 6.75. The van der Waals surface area contributed by atoms with E-state index in [9.17, 15) is 4.39 Å². The summed E-state index contributed by atoms with van der Waals surface area (Å²) in [7, 11) is 0. The minimum atomic E-state index is -0.393. The standard InChI is InChI=1S/C18H22FN3O3/c1-12-3-4-14(11-15(12)19)16-20-17(25-21-16)13(2)22-7-5-18(6-8-22)23-9-10-24-18/h3-4,11,13H,5-10H2,1-2H3. The van der Waals surface area contributed by atoms with Crippen molar-refractivity contribution in [1.82, 2.24) is 15.0 Å². The van der Waals surface area contributed by atoms with Gasteiger partial charge in [-0.25, -0.2) is 4.39 Å². The van der Waals surface area contributed by atoms with E-state index in [1.54, 1.807) is 19.1 Å². The van der Waals surface area contributed by atoms with Crippen LogP contribution in [-0.4, -0.2) is 47.1 Å². The first-order valence-corrected chi connectivity index (χ1v) is 8.68. The Hall–Kier alpha value is -1.83. The highest BCUT2D eigenvalue weighted by Gasteiger charge is 2.41. The van der Waals surface area contributed by atoms with Crippen LogP contribution in [0.25, 0.3) is 11.4 Å². The summed E-state index contributed by atoms with van der Waals surface area (Å²) >= 11 is 0. The SMILES string of the molecule is Cc1ccc(-c2noc(C(C)N3CCC4(CC3)OCCO4)n2)cc1F. The minimum Gasteiger partial charge on any atom is -0.347 e. The number of ether oxygens (including phenoxy) is 2. The quantitative estimate of drug-likeness (QED) is 0.850. The van der Waals surface area contributed by atoms with Gasteiger partial charge in [-0.2, -0.15) is 4.98 Å². The fourth-order valence-corrected chi connectivity index (χ4v) is 3.45. The Morgan fingerprint density at radius 3 is 2.60 bits per heavy atom. The maximum atomic E-state index is 13.7. The van der Waals surface area contributed by atoms with E-state index in [1.165, 1.54) is 6.07 Å². The van der Waals surface area contributed by atoms with Crippen LogP contribution in [0.5, 0.6) is 0 Å². The molecule has 4 rings (SSSR count). The molecule has 0 N–H and O–H groups in total. The molecule has 2 aliphatic rings. The van der Waals surface area contributed by atoms with Crippen LogP contribution in [-0.2, 0) is 9.47 Å². The molecule has 0 bridgehead atoms. The summed E-state index contributed by atoms with van der Waals surface area (Å²) in [5.41, 5.74) is 1.22. The van der Waals surface area contributed by atoms with Gasteiger partial charge in [-0.3, -0.25) is 4.90 Å². The lowest BCUT2D eigenvalue weighted by Gasteiger charge is -2.39. The number of nitrogens with zero attached hydrogens (tertiary/aromatic N) is 3. The topological polar surface area (TPSA) is 60.6 Å². The highest BCUT2D eigenvalue weighted by atomic mass is 19.1. The fraction of sp³-hybridized carbons (Fsp3) is 0.556. The summed E-state index contributed by atoms with van der Waals surface area (Å²) < 4.78 is 30.7. The molecule has 1 unspecified atom stereocenters. The largest absolute Gasteiger partial charge is 0.347 e. The van der Waals surface area contributed by atoms with Gasteiger partial charge in [0.2, 0.25) is 11.7 Å². The van der Waals surface area contributed by atoms with E-state index in [-0.39, 0.29) is 11.9 Å². The number of halogens is 1. The zero-order valence-corrected chi connectivity index (χ0v) is 14.5. The van der Waals surface area contributed by atoms with Crippen LogP contribution in [0, 0.1) is 12.7 Å². The van der Waals surface area contributed by atoms with Gasteiger partial charge in [0, 0.05) is 31.5 Å². The molecule has 0 aliphatic carbocycles. The normalized spacial score (nSPS) is 21.7. The van der Waals surface area contributed by atoms with Crippen LogP contribution in [0.3, 0.4) is 0 Å². The van der Waals surface area contributed by atoms with Crippen molar-refractivity contribution in [3.05, 3.63) is 35.5 Å². The second kappa shape index (κ2) is 6.48. The Morgan fingerprint density at radius 2 is 1.92 bits per heavy atom. The van der Waals surface area contributed by atoms with Crippen LogP contribution in [0.15, 0.2) is 22.7 Å². The van der Waals surface area contributed by atoms with Gasteiger partial charge in [0.15, 0.2) is 5.79 Å². The third-order valence-corrected chi connectivity index (χ3v) is 5.15. The number of aryl methyl sites for hydroxylation is 1. The number of hydrogen-bond donors (Lipinski definition) is 0. The summed E-state index contributed by atoms with van der Waals surface area (Å²) in [6, 6.07) is 4.95. The molecule has 1 aromatic carbocycles. The Morgan fingerprint density at radius 1 is 1.20 bits per heavy atom. The van der Waals surface area contributed by atoms with Gasteiger partial charge in [0.05, 0.1) is 19.3 Å². The Bertz CT molecular complexity index is 748. The fourth-order valence-electron chi connectivity index (χ4n) is 3.45. The van der Waals surface area contributed by atoms with Crippen molar-refractivity contribution in [1.29, 1.82) is 0 Å². The number of likely N-dealkylation sites (tertiary alicyclic amines) is 1. The van der Waals surface area contributed by atoms with E-state index >= 15 is 0 Å². The second-order valence-corrected chi connectivity index (χ2v) is 6.74. The molecule has 0 amide bonds. The number of aromatic nitrogens is 2. The van der Waals surface area contributed by atoms with Crippen molar-refractivity contribution in [2.75, 3.05) is 26.3 Å². The molecular weight excluding hydrogens is 325 g/mol. The minimum absolute atomic E-state index is 0.00435. The highest BCUT2D eigenvalue weighted by Crippen LogP contribution is 2.34. The molecule has 1 aromatic heterocycles. The van der Waals surface area contributed by atoms with Crippen molar-refractivity contribution in [2.45, 2.75) is 38.5 Å². The van der Waals surface area contributed by atoms with Gasteiger partial charge < -0.3 is 14.0 Å². The summed E-state index contributed by atoms with van der Waals surface area (Å²) in [6.07, 6.45) is 1.67. The molecule has 7 heteroatoms. The van der Waals surface area contributed by atoms with Crippen LogP contribution in [0.4, 0.5) is 4.39 Å². The highest BCUT2D eigenvalue weighted by molar-refractivity contribution is 5.54. The third kappa shape index (κ3) is 3.19. The molecule has 1 spiro atoms. The summed E-state index contributed by atoms with van der Waals surface area (Å²) in [5, 5.41) is 4.02. The molecule has 2 saturated heterocycles. The number of hydrogen-bond acceptors (Lipinski definition) is 6. The average molecular weight is 347 g/mol. The van der Waals surface area contributed by atoms with Crippen LogP contribution in [0.1, 0.15) is 37.3 Å². The van der Waals surface area contributed by atoms with E-state index in [4.69, 9.17) is 14.0 Å². The van der Waals surface area contributed by atoms with E-state index in [2.05, 4.69) is 15.0 Å². The van der Waals surface area contributed by atoms with Crippen molar-refractivity contribution < 1.29 is 18.4 Å². The number of piperidine rings is 1. The molecule has 0 saturated carbocycles. The molecule has 3 heterocycles. The molecule has 134 valence electrons. The maximum absolute atomic E-state index is 13.7. The van der Waals surface area contributed by atoms with Gasteiger partial charge >= 0.3 is 0 Å². The first kappa shape index (κ1) is 16.6. The maximum Gasteiger partial charge on any atom is 0.244 e. The second-order valence-electron chi connectivity index (χ2n) is 6.74. The van der Waals surface area contributed by atoms with Crippen molar-refractivity contribution in [3.8, 4) is 11.4 Å². The molecule has 2 aromatic rings. The van der Waals surface area contributed by atoms with E-state index in [1.807, 2.05) is 6.92 Å². The lowest BCUT2D eigenvalue weighted by Crippen LogP contribution is -2.45. The lowest BCUT2D eigenvalue weighted by atomic mass is 10.0. The molecule has 0 radical (unpaired) electrons. The summed E-state index contributed by atoms with van der Waals surface area (Å²) in [5.74, 6) is 0.294. The van der Waals surface area contributed by atoms with Gasteiger partial charge in [0.1, 0.15) is 5.82 Å². The molecule has 2 aliphatic heterocycles. The van der Waals surface area contributed by atoms with Crippen LogP contribution in [0.2, 0.25) is 0 Å². The first-order valence-electron chi connectivity index (χ1n) is 8.68. The monoisotopic (exact) mass is 347 g/mol. The predicted molar refractivity (Wildman–Crippen MR) is 88.3 cm³/mol. The predicted octanol–water partition coefficient (Wildman–Crippen LogP) is 3.08. The first-order chi connectivity index (χ1) is 12.1. The third-order valence-electron chi connectivity index (χ3n) is 5.15. The molecule has 6 nitrogen and oxygen atoms in total. The van der Waals surface area contributed by atoms with E-state index in [0.717, 1.165) is 25.9 Å². The van der Waals surface area contributed by atoms with Crippen molar-refractivity contribution >= 4 is 0 Å². The van der Waals surface area contributed by atoms with Crippen LogP contribution < -0.4 is 0 Å². The average Bonchev–Trinajstić information content (AvgIpc) is 3.28. The molecule has 2 fully saturated rings. The molecule has 25 heavy (non-hydrogen) atoms. The Balaban J connectivity index is 1.45. The summed E-state index contributed by atoms with van der Waals surface area (Å²) in [6.45, 7) is 6.81. The van der Waals surface area contributed by atoms with Gasteiger partial charge in [0.25, 0.3) is 0 Å². The number of benzene rings is 1. The smallest absolute Gasteiger partial charge is 0.244 e. The molecular formula is C18H22FN3O3. The van der Waals surface area contributed by atoms with Crippen LogP contribution >= 0.6 is 0 Å². The van der Waals surface area contributed by atoms with Gasteiger partial charge in [-0.15, -0.1) is 0 Å². The zero-order chi connectivity index (χ0) is 17.4. The Labute approximate surface area is 145 Å². The van der Waals surface area contributed by atoms with Gasteiger partial charge in [-0.05, 0) is 25.5 Å². The zero-order valence-electron chi connectivity index (χ0n) is 14.5.